The van der Waals surface area contributed by atoms with Gasteiger partial charge in [0.2, 0.25) is 11.8 Å². The van der Waals surface area contributed by atoms with Crippen molar-refractivity contribution in [3.05, 3.63) is 71.5 Å². The number of nitriles is 1. The fourth-order valence-corrected chi connectivity index (χ4v) is 9.34. The second kappa shape index (κ2) is 17.0. The maximum Gasteiger partial charge on any atom is 0.419 e. The minimum absolute atomic E-state index is 0.0535. The number of nitrogens with zero attached hydrogens (tertiary/aromatic N) is 5. The van der Waals surface area contributed by atoms with E-state index in [0.29, 0.717) is 61.8 Å². The van der Waals surface area contributed by atoms with E-state index in [0.717, 1.165) is 60.6 Å². The third-order valence-corrected chi connectivity index (χ3v) is 12.6. The first kappa shape index (κ1) is 42.8. The third kappa shape index (κ3) is 8.63. The Morgan fingerprint density at radius 3 is 2.55 bits per heavy atom. The molecule has 0 radical (unpaired) electrons. The number of anilines is 4. The Hall–Kier alpha value is -5.31. The van der Waals surface area contributed by atoms with Gasteiger partial charge in [-0.15, -0.1) is 0 Å². The van der Waals surface area contributed by atoms with Gasteiger partial charge in [-0.25, -0.2) is 4.98 Å². The number of carbonyl (C=O) groups is 3. The first-order chi connectivity index (χ1) is 28.5. The van der Waals surface area contributed by atoms with Crippen LogP contribution in [0, 0.1) is 17.2 Å². The second-order valence-electron chi connectivity index (χ2n) is 16.6. The number of aliphatic hydroxyl groups is 1. The molecule has 3 atom stereocenters. The average molecular weight is 847 g/mol. The van der Waals surface area contributed by atoms with Crippen LogP contribution in [0.1, 0.15) is 89.0 Å². The second-order valence-corrected chi connectivity index (χ2v) is 17.0. The van der Waals surface area contributed by atoms with Crippen molar-refractivity contribution in [2.75, 3.05) is 40.1 Å². The normalized spacial score (nSPS) is 22.6. The Kier molecular flexibility index (Phi) is 12.1. The number of ether oxygens (including phenoxy) is 1. The number of aromatic nitrogens is 1. The summed E-state index contributed by atoms with van der Waals surface area (Å²) in [7, 11) is 0. The Morgan fingerprint density at radius 2 is 1.88 bits per heavy atom. The molecule has 1 aliphatic carbocycles. The zero-order chi connectivity index (χ0) is 43.0. The van der Waals surface area contributed by atoms with Gasteiger partial charge < -0.3 is 30.7 Å². The van der Waals surface area contributed by atoms with Crippen LogP contribution in [0.5, 0.6) is 5.75 Å². The van der Waals surface area contributed by atoms with Crippen molar-refractivity contribution in [1.82, 2.24) is 15.2 Å². The number of benzene rings is 2. The molecule has 13 nitrogen and oxygen atoms in total. The zero-order valence-corrected chi connectivity index (χ0v) is 34.6. The number of hydrogen-bond donors (Lipinski definition) is 4. The fraction of sp³-hybridized carbons (Fsp3) is 0.488. The van der Waals surface area contributed by atoms with Crippen LogP contribution in [-0.4, -0.2) is 80.9 Å². The van der Waals surface area contributed by atoms with Crippen molar-refractivity contribution in [1.29, 1.82) is 5.26 Å². The maximum atomic E-state index is 14.0. The highest BCUT2D eigenvalue weighted by atomic mass is 32.1. The molecular formula is C43H49F3N8O5S. The lowest BCUT2D eigenvalue weighted by molar-refractivity contribution is -0.138. The average Bonchev–Trinajstić information content (AvgIpc) is 3.42. The molecule has 1 spiro atoms. The lowest BCUT2D eigenvalue weighted by atomic mass is 9.75. The monoisotopic (exact) mass is 846 g/mol. The number of nitrogens with one attached hydrogen (secondary N) is 3. The topological polar surface area (TPSA) is 163 Å². The summed E-state index contributed by atoms with van der Waals surface area (Å²) in [5, 5.41) is 28.3. The van der Waals surface area contributed by atoms with Crippen LogP contribution in [0.15, 0.2) is 54.7 Å². The van der Waals surface area contributed by atoms with Crippen molar-refractivity contribution in [2.45, 2.75) is 108 Å². The lowest BCUT2D eigenvalue weighted by Gasteiger charge is -2.45. The highest BCUT2D eigenvalue weighted by Crippen LogP contribution is 2.49. The summed E-state index contributed by atoms with van der Waals surface area (Å²) in [6.07, 6.45) is 1.02. The summed E-state index contributed by atoms with van der Waals surface area (Å²) in [6, 6.07) is 14.8. The van der Waals surface area contributed by atoms with E-state index < -0.39 is 35.1 Å². The number of halogens is 3. The number of aliphatic hydroxyl groups excluding tert-OH is 1. The Morgan fingerprint density at radius 1 is 1.12 bits per heavy atom. The predicted molar refractivity (Wildman–Crippen MR) is 223 cm³/mol. The number of aryl methyl sites for hydroxylation is 1. The molecule has 4 aliphatic rings. The Balaban J connectivity index is 0.940. The van der Waals surface area contributed by atoms with Crippen LogP contribution in [0.25, 0.3) is 0 Å². The van der Waals surface area contributed by atoms with Gasteiger partial charge in [0, 0.05) is 29.0 Å². The number of likely N-dealkylation sites (tertiary alicyclic amines) is 1. The molecule has 17 heteroatoms. The minimum atomic E-state index is -4.84. The summed E-state index contributed by atoms with van der Waals surface area (Å²) in [5.74, 6) is 0.355. The van der Waals surface area contributed by atoms with Crippen molar-refractivity contribution in [3.63, 3.8) is 0 Å². The van der Waals surface area contributed by atoms with Gasteiger partial charge in [-0.1, -0.05) is 13.0 Å². The van der Waals surface area contributed by atoms with Crippen molar-refractivity contribution < 1.29 is 37.4 Å². The number of alkyl halides is 3. The van der Waals surface area contributed by atoms with Crippen LogP contribution in [0.3, 0.4) is 0 Å². The first-order valence-corrected chi connectivity index (χ1v) is 20.7. The smallest absolute Gasteiger partial charge is 0.419 e. The van der Waals surface area contributed by atoms with Gasteiger partial charge in [-0.05, 0) is 138 Å². The zero-order valence-electron chi connectivity index (χ0n) is 33.8. The standard InChI is InChI=1S/C43H49F3N8O5S/c1-4-27-19-30(54-40(60)53(39(58)42(54)15-6-16-42)31-21-32(43(44,45)46)34(23-47)48-24-31)9-11-35(27)59-18-14-26-13-17-52(41(2,3)22-26)25-37(56)50-29-8-5-7-28(20-29)49-33-10-12-36(55)51-38(33)57/h5,7-9,11,19-21,24,26,33,38,49,57H,4,6,10,12-18,22,25H2,1-3H3,(H,50,56)(H,51,55)/t26-,33?,38?/m1/s1. The first-order valence-electron chi connectivity index (χ1n) is 20.3. The molecule has 3 saturated heterocycles. The number of thiocarbonyl (C=S) groups is 1. The molecule has 3 aliphatic heterocycles. The van der Waals surface area contributed by atoms with E-state index in [-0.39, 0.29) is 40.7 Å². The summed E-state index contributed by atoms with van der Waals surface area (Å²) in [5.41, 5.74) is -0.487. The van der Waals surface area contributed by atoms with Gasteiger partial charge in [-0.2, -0.15) is 18.4 Å². The molecule has 4 heterocycles. The van der Waals surface area contributed by atoms with Crippen molar-refractivity contribution >= 4 is 57.8 Å². The van der Waals surface area contributed by atoms with Crippen LogP contribution in [0.2, 0.25) is 0 Å². The number of hydrogen-bond acceptors (Lipinski definition) is 10. The van der Waals surface area contributed by atoms with Crippen LogP contribution in [-0.2, 0) is 27.0 Å². The summed E-state index contributed by atoms with van der Waals surface area (Å²) < 4.78 is 47.8. The fourth-order valence-electron chi connectivity index (χ4n) is 8.87. The number of rotatable bonds is 12. The predicted octanol–water partition coefficient (Wildman–Crippen LogP) is 6.50. The summed E-state index contributed by atoms with van der Waals surface area (Å²) in [4.78, 5) is 47.5. The summed E-state index contributed by atoms with van der Waals surface area (Å²) >= 11 is 5.80. The van der Waals surface area contributed by atoms with Gasteiger partial charge >= 0.3 is 6.18 Å². The van der Waals surface area contributed by atoms with Gasteiger partial charge in [-0.3, -0.25) is 24.2 Å². The van der Waals surface area contributed by atoms with Crippen LogP contribution in [0.4, 0.5) is 35.9 Å². The van der Waals surface area contributed by atoms with Crippen LogP contribution < -0.4 is 30.5 Å². The van der Waals surface area contributed by atoms with Gasteiger partial charge in [0.15, 0.2) is 10.8 Å². The van der Waals surface area contributed by atoms with Gasteiger partial charge in [0.25, 0.3) is 5.91 Å². The van der Waals surface area contributed by atoms with E-state index in [9.17, 15) is 37.9 Å². The highest BCUT2D eigenvalue weighted by Gasteiger charge is 2.60. The number of amides is 3. The number of pyridine rings is 1. The van der Waals surface area contributed by atoms with E-state index in [1.807, 2.05) is 49.4 Å². The number of piperidine rings is 2. The molecule has 4 N–H and O–H groups in total. The minimum Gasteiger partial charge on any atom is -0.493 e. The van der Waals surface area contributed by atoms with Gasteiger partial charge in [0.1, 0.15) is 23.6 Å². The summed E-state index contributed by atoms with van der Waals surface area (Å²) in [6.45, 7) is 7.76. The molecule has 3 aromatic rings. The highest BCUT2D eigenvalue weighted by molar-refractivity contribution is 7.81. The van der Waals surface area contributed by atoms with E-state index >= 15 is 0 Å². The molecule has 60 heavy (non-hydrogen) atoms. The molecule has 4 fully saturated rings. The van der Waals surface area contributed by atoms with E-state index in [4.69, 9.17) is 17.0 Å². The Bertz CT molecular complexity index is 2210. The molecule has 1 aromatic heterocycles. The Labute approximate surface area is 352 Å². The van der Waals surface area contributed by atoms with Crippen molar-refractivity contribution in [3.8, 4) is 11.8 Å². The molecule has 2 unspecified atom stereocenters. The van der Waals surface area contributed by atoms with E-state index in [1.165, 1.54) is 6.07 Å². The molecule has 2 aromatic carbocycles. The van der Waals surface area contributed by atoms with E-state index in [2.05, 4.69) is 39.7 Å². The van der Waals surface area contributed by atoms with Crippen molar-refractivity contribution in [2.24, 2.45) is 5.92 Å². The van der Waals surface area contributed by atoms with E-state index in [1.54, 1.807) is 4.90 Å². The third-order valence-electron chi connectivity index (χ3n) is 12.3. The molecule has 1 saturated carbocycles. The quantitative estimate of drug-likeness (QED) is 0.147. The lowest BCUT2D eigenvalue weighted by Crippen LogP contribution is -2.55. The molecule has 318 valence electrons. The molecule has 7 rings (SSSR count). The van der Waals surface area contributed by atoms with Gasteiger partial charge in [0.05, 0.1) is 36.6 Å². The van der Waals surface area contributed by atoms with Crippen LogP contribution >= 0.6 is 12.2 Å². The molecule has 3 amide bonds. The number of carbonyl (C=O) groups excluding carboxylic acids is 3. The SMILES string of the molecule is CCc1cc(N2C(=S)N(c3cnc(C#N)c(C(F)(F)F)c3)C(=O)C23CCC3)ccc1OCC[C@H]1CCN(CC(=O)Nc2cccc(NC3CCC(=O)NC3O)c2)C(C)(C)C1. The molecular weight excluding hydrogens is 798 g/mol. The maximum absolute atomic E-state index is 14.0. The largest absolute Gasteiger partial charge is 0.493 e. The molecule has 0 bridgehead atoms.